The van der Waals surface area contributed by atoms with Gasteiger partial charge in [0, 0.05) is 24.3 Å². The maximum Gasteiger partial charge on any atom is 0.408 e. The zero-order valence-corrected chi connectivity index (χ0v) is 10.1. The molecule has 1 heterocycles. The fourth-order valence-corrected chi connectivity index (χ4v) is 2.23. The standard InChI is InChI=1S/C12H14F4N2O/c13-8-2-1-3-9(17)10(8)11(12(14,15)16)18-4-6-19-7-5-18/h1-3,11H,4-7,17H2. The van der Waals surface area contributed by atoms with E-state index < -0.39 is 23.6 Å². The van der Waals surface area contributed by atoms with Crippen LogP contribution in [-0.4, -0.2) is 37.4 Å². The number of alkyl halides is 3. The summed E-state index contributed by atoms with van der Waals surface area (Å²) in [6.45, 7) is 0.581. The van der Waals surface area contributed by atoms with E-state index in [0.29, 0.717) is 0 Å². The fraction of sp³-hybridized carbons (Fsp3) is 0.500. The zero-order valence-electron chi connectivity index (χ0n) is 10.1. The Labute approximate surface area is 107 Å². The van der Waals surface area contributed by atoms with Crippen LogP contribution >= 0.6 is 0 Å². The molecular weight excluding hydrogens is 264 g/mol. The van der Waals surface area contributed by atoms with Gasteiger partial charge in [-0.05, 0) is 12.1 Å². The van der Waals surface area contributed by atoms with Crippen LogP contribution in [0.25, 0.3) is 0 Å². The van der Waals surface area contributed by atoms with Gasteiger partial charge in [-0.25, -0.2) is 4.39 Å². The predicted octanol–water partition coefficient (Wildman–Crippen LogP) is 2.34. The summed E-state index contributed by atoms with van der Waals surface area (Å²) < 4.78 is 58.5. The van der Waals surface area contributed by atoms with Crippen LogP contribution in [0.3, 0.4) is 0 Å². The Kier molecular flexibility index (Phi) is 3.96. The third kappa shape index (κ3) is 2.98. The van der Waals surface area contributed by atoms with E-state index in [9.17, 15) is 17.6 Å². The number of ether oxygens (including phenoxy) is 1. The van der Waals surface area contributed by atoms with E-state index in [2.05, 4.69) is 0 Å². The maximum absolute atomic E-state index is 13.7. The number of benzene rings is 1. The molecule has 0 amide bonds. The Bertz CT molecular complexity index is 424. The molecule has 3 nitrogen and oxygen atoms in total. The lowest BCUT2D eigenvalue weighted by atomic mass is 10.0. The van der Waals surface area contributed by atoms with E-state index in [-0.39, 0.29) is 32.0 Å². The normalized spacial score (nSPS) is 19.4. The largest absolute Gasteiger partial charge is 0.408 e. The minimum absolute atomic E-state index is 0.0952. The SMILES string of the molecule is Nc1cccc(F)c1C(N1CCOCC1)C(F)(F)F. The van der Waals surface area contributed by atoms with Gasteiger partial charge in [0.2, 0.25) is 0 Å². The highest BCUT2D eigenvalue weighted by atomic mass is 19.4. The Hall–Kier alpha value is -1.34. The fourth-order valence-electron chi connectivity index (χ4n) is 2.23. The molecule has 2 rings (SSSR count). The lowest BCUT2D eigenvalue weighted by Crippen LogP contribution is -2.45. The van der Waals surface area contributed by atoms with Crippen molar-refractivity contribution >= 4 is 5.69 Å². The Morgan fingerprint density at radius 2 is 1.84 bits per heavy atom. The van der Waals surface area contributed by atoms with E-state index >= 15 is 0 Å². The van der Waals surface area contributed by atoms with Gasteiger partial charge in [0.1, 0.15) is 11.9 Å². The Morgan fingerprint density at radius 1 is 1.21 bits per heavy atom. The molecule has 106 valence electrons. The predicted molar refractivity (Wildman–Crippen MR) is 62.0 cm³/mol. The van der Waals surface area contributed by atoms with E-state index in [1.807, 2.05) is 0 Å². The molecule has 7 heteroatoms. The van der Waals surface area contributed by atoms with Crippen molar-refractivity contribution in [3.63, 3.8) is 0 Å². The lowest BCUT2D eigenvalue weighted by Gasteiger charge is -2.36. The van der Waals surface area contributed by atoms with Crippen molar-refractivity contribution in [1.29, 1.82) is 0 Å². The third-order valence-electron chi connectivity index (χ3n) is 3.08. The first-order valence-electron chi connectivity index (χ1n) is 5.83. The average molecular weight is 278 g/mol. The summed E-state index contributed by atoms with van der Waals surface area (Å²) in [7, 11) is 0. The van der Waals surface area contributed by atoms with Gasteiger partial charge in [-0.15, -0.1) is 0 Å². The molecule has 1 aliphatic heterocycles. The molecule has 1 unspecified atom stereocenters. The minimum atomic E-state index is -4.59. The van der Waals surface area contributed by atoms with Crippen LogP contribution in [0, 0.1) is 5.82 Å². The summed E-state index contributed by atoms with van der Waals surface area (Å²) in [5.74, 6) is -0.936. The molecule has 2 N–H and O–H groups in total. The first-order valence-corrected chi connectivity index (χ1v) is 5.83. The van der Waals surface area contributed by atoms with Gasteiger partial charge >= 0.3 is 6.18 Å². The number of nitrogen functional groups attached to an aromatic ring is 1. The van der Waals surface area contributed by atoms with Gasteiger partial charge in [0.05, 0.1) is 13.2 Å². The van der Waals surface area contributed by atoms with Crippen LogP contribution < -0.4 is 5.73 Å². The molecule has 1 aliphatic rings. The van der Waals surface area contributed by atoms with Crippen LogP contribution in [0.5, 0.6) is 0 Å². The Balaban J connectivity index is 2.43. The molecule has 1 fully saturated rings. The van der Waals surface area contributed by atoms with E-state index in [4.69, 9.17) is 10.5 Å². The van der Waals surface area contributed by atoms with E-state index in [0.717, 1.165) is 11.0 Å². The topological polar surface area (TPSA) is 38.5 Å². The Morgan fingerprint density at radius 3 is 2.37 bits per heavy atom. The van der Waals surface area contributed by atoms with Crippen LogP contribution in [0.15, 0.2) is 18.2 Å². The maximum atomic E-state index is 13.7. The molecule has 0 aliphatic carbocycles. The van der Waals surface area contributed by atoms with Crippen molar-refractivity contribution < 1.29 is 22.3 Å². The van der Waals surface area contributed by atoms with Crippen molar-refractivity contribution in [3.05, 3.63) is 29.6 Å². The molecule has 1 saturated heterocycles. The number of rotatable bonds is 2. The van der Waals surface area contributed by atoms with Gasteiger partial charge in [-0.3, -0.25) is 4.90 Å². The quantitative estimate of drug-likeness (QED) is 0.666. The first-order chi connectivity index (χ1) is 8.91. The van der Waals surface area contributed by atoms with Gasteiger partial charge in [0.15, 0.2) is 0 Å². The summed E-state index contributed by atoms with van der Waals surface area (Å²) in [6.07, 6.45) is -4.59. The lowest BCUT2D eigenvalue weighted by molar-refractivity contribution is -0.195. The molecule has 0 bridgehead atoms. The highest BCUT2D eigenvalue weighted by Gasteiger charge is 2.47. The third-order valence-corrected chi connectivity index (χ3v) is 3.08. The highest BCUT2D eigenvalue weighted by molar-refractivity contribution is 5.49. The second-order valence-electron chi connectivity index (χ2n) is 4.34. The molecule has 0 radical (unpaired) electrons. The number of hydrogen-bond donors (Lipinski definition) is 1. The van der Waals surface area contributed by atoms with Crippen molar-refractivity contribution in [3.8, 4) is 0 Å². The average Bonchev–Trinajstić information content (AvgIpc) is 2.33. The van der Waals surface area contributed by atoms with Gasteiger partial charge in [-0.1, -0.05) is 6.07 Å². The smallest absolute Gasteiger partial charge is 0.398 e. The zero-order chi connectivity index (χ0) is 14.0. The molecule has 1 atom stereocenters. The van der Waals surface area contributed by atoms with Crippen molar-refractivity contribution in [2.45, 2.75) is 12.2 Å². The van der Waals surface area contributed by atoms with Crippen LogP contribution in [0.1, 0.15) is 11.6 Å². The first kappa shape index (κ1) is 14.1. The number of morpholine rings is 1. The van der Waals surface area contributed by atoms with Crippen LogP contribution in [0.4, 0.5) is 23.2 Å². The number of halogens is 4. The van der Waals surface area contributed by atoms with Crippen molar-refractivity contribution in [1.82, 2.24) is 4.90 Å². The summed E-state index contributed by atoms with van der Waals surface area (Å²) in [5, 5.41) is 0. The van der Waals surface area contributed by atoms with Gasteiger partial charge < -0.3 is 10.5 Å². The minimum Gasteiger partial charge on any atom is -0.398 e. The number of nitrogens with zero attached hydrogens (tertiary/aromatic N) is 1. The second kappa shape index (κ2) is 5.34. The number of anilines is 1. The molecule has 0 saturated carbocycles. The molecular formula is C12H14F4N2O. The monoisotopic (exact) mass is 278 g/mol. The van der Waals surface area contributed by atoms with Gasteiger partial charge in [-0.2, -0.15) is 13.2 Å². The molecule has 19 heavy (non-hydrogen) atoms. The van der Waals surface area contributed by atoms with Crippen molar-refractivity contribution in [2.75, 3.05) is 32.0 Å². The highest BCUT2D eigenvalue weighted by Crippen LogP contribution is 2.41. The van der Waals surface area contributed by atoms with E-state index in [1.54, 1.807) is 0 Å². The van der Waals surface area contributed by atoms with Crippen LogP contribution in [0.2, 0.25) is 0 Å². The molecule has 0 aromatic heterocycles. The number of hydrogen-bond acceptors (Lipinski definition) is 3. The van der Waals surface area contributed by atoms with E-state index in [1.165, 1.54) is 12.1 Å². The second-order valence-corrected chi connectivity index (χ2v) is 4.34. The van der Waals surface area contributed by atoms with Crippen LogP contribution in [-0.2, 0) is 4.74 Å². The summed E-state index contributed by atoms with van der Waals surface area (Å²) >= 11 is 0. The van der Waals surface area contributed by atoms with Crippen molar-refractivity contribution in [2.24, 2.45) is 0 Å². The molecule has 1 aromatic carbocycles. The number of nitrogens with two attached hydrogens (primary N) is 1. The molecule has 0 spiro atoms. The molecule has 1 aromatic rings. The summed E-state index contributed by atoms with van der Waals surface area (Å²) in [4.78, 5) is 1.15. The summed E-state index contributed by atoms with van der Waals surface area (Å²) in [6, 6.07) is 1.53. The summed E-state index contributed by atoms with van der Waals surface area (Å²) in [5.41, 5.74) is 4.84. The van der Waals surface area contributed by atoms with Gasteiger partial charge in [0.25, 0.3) is 0 Å².